The standard InChI is InChI=1S/C21H18N4O2/c26-21(22-14-20-24-23-19-8-4-5-13-25(19)20)17-11-9-16(10-12-17)15-27-18-6-2-1-3-7-18/h1-13H,14-15H2,(H,22,26). The number of carbonyl (C=O) groups excluding carboxylic acids is 1. The van der Waals surface area contributed by atoms with Gasteiger partial charge in [0.15, 0.2) is 11.5 Å². The lowest BCUT2D eigenvalue weighted by Gasteiger charge is -2.07. The first-order valence-electron chi connectivity index (χ1n) is 8.63. The highest BCUT2D eigenvalue weighted by molar-refractivity contribution is 5.94. The summed E-state index contributed by atoms with van der Waals surface area (Å²) in [6.07, 6.45) is 1.87. The van der Waals surface area contributed by atoms with Crippen LogP contribution in [0.25, 0.3) is 5.65 Å². The SMILES string of the molecule is O=C(NCc1nnc2ccccn12)c1ccc(COc2ccccc2)cc1. The molecule has 6 heteroatoms. The van der Waals surface area contributed by atoms with Crippen LogP contribution in [0, 0.1) is 0 Å². The molecular formula is C21H18N4O2. The maximum Gasteiger partial charge on any atom is 0.251 e. The first-order valence-corrected chi connectivity index (χ1v) is 8.63. The van der Waals surface area contributed by atoms with E-state index in [1.54, 1.807) is 12.1 Å². The Kier molecular flexibility index (Phi) is 4.78. The number of hydrogen-bond donors (Lipinski definition) is 1. The second kappa shape index (κ2) is 7.70. The molecule has 0 aliphatic heterocycles. The number of ether oxygens (including phenoxy) is 1. The predicted octanol–water partition coefficient (Wildman–Crippen LogP) is 3.24. The largest absolute Gasteiger partial charge is 0.489 e. The molecule has 0 fully saturated rings. The van der Waals surface area contributed by atoms with Crippen molar-refractivity contribution in [1.29, 1.82) is 0 Å². The van der Waals surface area contributed by atoms with Crippen molar-refractivity contribution >= 4 is 11.6 Å². The summed E-state index contributed by atoms with van der Waals surface area (Å²) in [5.74, 6) is 1.35. The lowest BCUT2D eigenvalue weighted by Crippen LogP contribution is -2.24. The van der Waals surface area contributed by atoms with Gasteiger partial charge in [0.2, 0.25) is 0 Å². The Bertz CT molecular complexity index is 1040. The first kappa shape index (κ1) is 16.8. The molecule has 1 N–H and O–H groups in total. The van der Waals surface area contributed by atoms with E-state index in [1.807, 2.05) is 71.3 Å². The molecule has 0 saturated carbocycles. The monoisotopic (exact) mass is 358 g/mol. The minimum absolute atomic E-state index is 0.154. The number of hydrogen-bond acceptors (Lipinski definition) is 4. The van der Waals surface area contributed by atoms with Crippen LogP contribution in [0.15, 0.2) is 79.0 Å². The van der Waals surface area contributed by atoms with Gasteiger partial charge in [-0.05, 0) is 42.0 Å². The third kappa shape index (κ3) is 3.95. The fourth-order valence-corrected chi connectivity index (χ4v) is 2.71. The highest BCUT2D eigenvalue weighted by Crippen LogP contribution is 2.12. The van der Waals surface area contributed by atoms with Gasteiger partial charge in [-0.3, -0.25) is 9.20 Å². The molecule has 6 nitrogen and oxygen atoms in total. The van der Waals surface area contributed by atoms with Crippen LogP contribution in [0.1, 0.15) is 21.7 Å². The van der Waals surface area contributed by atoms with Crippen LogP contribution in [0.4, 0.5) is 0 Å². The van der Waals surface area contributed by atoms with Crippen molar-refractivity contribution in [2.24, 2.45) is 0 Å². The summed E-state index contributed by atoms with van der Waals surface area (Å²) in [5.41, 5.74) is 2.34. The molecule has 1 amide bonds. The van der Waals surface area contributed by atoms with Gasteiger partial charge >= 0.3 is 0 Å². The Morgan fingerprint density at radius 1 is 0.926 bits per heavy atom. The number of nitrogens with one attached hydrogen (secondary N) is 1. The number of pyridine rings is 1. The summed E-state index contributed by atoms with van der Waals surface area (Å²) in [7, 11) is 0. The molecule has 2 aromatic heterocycles. The predicted molar refractivity (Wildman–Crippen MR) is 101 cm³/mol. The summed E-state index contributed by atoms with van der Waals surface area (Å²) in [4.78, 5) is 12.4. The quantitative estimate of drug-likeness (QED) is 0.574. The fourth-order valence-electron chi connectivity index (χ4n) is 2.71. The Balaban J connectivity index is 1.35. The minimum atomic E-state index is -0.154. The number of para-hydroxylation sites is 1. The van der Waals surface area contributed by atoms with Crippen molar-refractivity contribution in [3.63, 3.8) is 0 Å². The second-order valence-corrected chi connectivity index (χ2v) is 6.03. The van der Waals surface area contributed by atoms with Crippen LogP contribution in [0.2, 0.25) is 0 Å². The van der Waals surface area contributed by atoms with E-state index in [-0.39, 0.29) is 5.91 Å². The number of nitrogens with zero attached hydrogens (tertiary/aromatic N) is 3. The van der Waals surface area contributed by atoms with Crippen LogP contribution in [-0.2, 0) is 13.2 Å². The fraction of sp³-hybridized carbons (Fsp3) is 0.0952. The van der Waals surface area contributed by atoms with Gasteiger partial charge in [-0.25, -0.2) is 0 Å². The van der Waals surface area contributed by atoms with Crippen molar-refractivity contribution in [3.05, 3.63) is 95.9 Å². The zero-order chi connectivity index (χ0) is 18.5. The van der Waals surface area contributed by atoms with E-state index in [2.05, 4.69) is 15.5 Å². The second-order valence-electron chi connectivity index (χ2n) is 6.03. The van der Waals surface area contributed by atoms with Crippen molar-refractivity contribution in [2.75, 3.05) is 0 Å². The van der Waals surface area contributed by atoms with Crippen LogP contribution in [0.3, 0.4) is 0 Å². The van der Waals surface area contributed by atoms with Crippen LogP contribution >= 0.6 is 0 Å². The topological polar surface area (TPSA) is 68.5 Å². The number of rotatable bonds is 6. The molecule has 4 aromatic rings. The number of carbonyl (C=O) groups is 1. The highest BCUT2D eigenvalue weighted by atomic mass is 16.5. The lowest BCUT2D eigenvalue weighted by molar-refractivity contribution is 0.0949. The van der Waals surface area contributed by atoms with Gasteiger partial charge < -0.3 is 10.1 Å². The summed E-state index contributed by atoms with van der Waals surface area (Å²) in [6, 6.07) is 22.7. The number of benzene rings is 2. The highest BCUT2D eigenvalue weighted by Gasteiger charge is 2.09. The lowest BCUT2D eigenvalue weighted by atomic mass is 10.1. The summed E-state index contributed by atoms with van der Waals surface area (Å²) in [5, 5.41) is 11.1. The summed E-state index contributed by atoms with van der Waals surface area (Å²) < 4.78 is 7.56. The molecule has 0 unspecified atom stereocenters. The van der Waals surface area contributed by atoms with Crippen molar-refractivity contribution in [3.8, 4) is 5.75 Å². The van der Waals surface area contributed by atoms with Crippen LogP contribution in [0.5, 0.6) is 5.75 Å². The first-order chi connectivity index (χ1) is 13.3. The van der Waals surface area contributed by atoms with E-state index in [0.29, 0.717) is 24.5 Å². The maximum absolute atomic E-state index is 12.4. The van der Waals surface area contributed by atoms with Gasteiger partial charge in [-0.15, -0.1) is 10.2 Å². The third-order valence-corrected chi connectivity index (χ3v) is 4.16. The van der Waals surface area contributed by atoms with E-state index < -0.39 is 0 Å². The molecule has 0 aliphatic carbocycles. The zero-order valence-corrected chi connectivity index (χ0v) is 14.6. The molecule has 0 aliphatic rings. The van der Waals surface area contributed by atoms with E-state index >= 15 is 0 Å². The molecule has 2 aromatic carbocycles. The van der Waals surface area contributed by atoms with Crippen molar-refractivity contribution in [2.45, 2.75) is 13.2 Å². The average molecular weight is 358 g/mol. The Morgan fingerprint density at radius 2 is 1.70 bits per heavy atom. The number of fused-ring (bicyclic) bond motifs is 1. The third-order valence-electron chi connectivity index (χ3n) is 4.16. The van der Waals surface area contributed by atoms with Gasteiger partial charge in [0.25, 0.3) is 5.91 Å². The molecule has 0 radical (unpaired) electrons. The molecule has 0 bridgehead atoms. The summed E-state index contributed by atoms with van der Waals surface area (Å²) >= 11 is 0. The van der Waals surface area contributed by atoms with Gasteiger partial charge in [0.1, 0.15) is 12.4 Å². The van der Waals surface area contributed by atoms with E-state index in [9.17, 15) is 4.79 Å². The zero-order valence-electron chi connectivity index (χ0n) is 14.6. The molecule has 0 spiro atoms. The molecule has 2 heterocycles. The molecule has 4 rings (SSSR count). The molecule has 0 saturated heterocycles. The van der Waals surface area contributed by atoms with E-state index in [4.69, 9.17) is 4.74 Å². The summed E-state index contributed by atoms with van der Waals surface area (Å²) in [6.45, 7) is 0.764. The Labute approximate surface area is 156 Å². The smallest absolute Gasteiger partial charge is 0.251 e. The normalized spacial score (nSPS) is 10.7. The number of amides is 1. The van der Waals surface area contributed by atoms with E-state index in [0.717, 1.165) is 17.0 Å². The van der Waals surface area contributed by atoms with Crippen molar-refractivity contribution in [1.82, 2.24) is 19.9 Å². The minimum Gasteiger partial charge on any atom is -0.489 e. The van der Waals surface area contributed by atoms with E-state index in [1.165, 1.54) is 0 Å². The molecular weight excluding hydrogens is 340 g/mol. The van der Waals surface area contributed by atoms with Gasteiger partial charge in [0, 0.05) is 11.8 Å². The Hall–Kier alpha value is -3.67. The van der Waals surface area contributed by atoms with Crippen LogP contribution < -0.4 is 10.1 Å². The van der Waals surface area contributed by atoms with Gasteiger partial charge in [-0.2, -0.15) is 0 Å². The van der Waals surface area contributed by atoms with Crippen LogP contribution in [-0.4, -0.2) is 20.5 Å². The molecule has 0 atom stereocenters. The van der Waals surface area contributed by atoms with Gasteiger partial charge in [0.05, 0.1) is 6.54 Å². The van der Waals surface area contributed by atoms with Gasteiger partial charge in [-0.1, -0.05) is 36.4 Å². The average Bonchev–Trinajstić information content (AvgIpc) is 3.15. The Morgan fingerprint density at radius 3 is 2.52 bits per heavy atom. The molecule has 27 heavy (non-hydrogen) atoms. The number of aromatic nitrogens is 3. The molecule has 134 valence electrons. The maximum atomic E-state index is 12.4. The van der Waals surface area contributed by atoms with Crippen molar-refractivity contribution < 1.29 is 9.53 Å².